The van der Waals surface area contributed by atoms with Crippen LogP contribution in [0.1, 0.15) is 31.1 Å². The quantitative estimate of drug-likeness (QED) is 0.692. The van der Waals surface area contributed by atoms with E-state index in [1.54, 1.807) is 6.21 Å². The maximum atomic E-state index is 12.6. The number of aliphatic imine (C=N–C) groups is 2. The Bertz CT molecular complexity index is 871. The molecule has 1 atom stereocenters. The van der Waals surface area contributed by atoms with Crippen molar-refractivity contribution in [3.05, 3.63) is 41.6 Å². The molecule has 0 bridgehead atoms. The zero-order valence-corrected chi connectivity index (χ0v) is 16.4. The number of alkyl halides is 3. The lowest BCUT2D eigenvalue weighted by atomic mass is 10.0. The Hall–Kier alpha value is -2.81. The average Bonchev–Trinajstić information content (AvgIpc) is 2.73. The van der Waals surface area contributed by atoms with E-state index in [-0.39, 0.29) is 6.04 Å². The standard InChI is InChI=1S/C20H23F3N6/c1-4-25-17-13-15(5-6-16(17)24-3)14(2)28-9-11-29(12-10-28)19-8-7-18(26-27-19)20(21,22)23/h4-8,13-14H,3,9-12H2,1-2H3/b25-4-. The van der Waals surface area contributed by atoms with Crippen LogP contribution in [-0.4, -0.2) is 54.2 Å². The number of nitrogens with zero attached hydrogens (tertiary/aromatic N) is 6. The number of piperazine rings is 1. The molecule has 1 aliphatic heterocycles. The SMILES string of the molecule is C=Nc1ccc(C(C)N2CCN(c3ccc(C(F)(F)F)nn3)CC2)cc1/N=C\C. The molecule has 0 spiro atoms. The van der Waals surface area contributed by atoms with Gasteiger partial charge in [-0.1, -0.05) is 6.07 Å². The molecule has 1 aliphatic rings. The molecule has 29 heavy (non-hydrogen) atoms. The van der Waals surface area contributed by atoms with Crippen LogP contribution in [-0.2, 0) is 6.18 Å². The molecule has 3 rings (SSSR count). The molecule has 6 nitrogen and oxygen atoms in total. The van der Waals surface area contributed by atoms with Gasteiger partial charge in [0.15, 0.2) is 11.5 Å². The first-order valence-corrected chi connectivity index (χ1v) is 9.32. The van der Waals surface area contributed by atoms with Gasteiger partial charge in [0.1, 0.15) is 0 Å². The van der Waals surface area contributed by atoms with Crippen LogP contribution in [0.3, 0.4) is 0 Å². The second kappa shape index (κ2) is 8.69. The molecular weight excluding hydrogens is 381 g/mol. The van der Waals surface area contributed by atoms with E-state index in [1.165, 1.54) is 6.07 Å². The molecular formula is C20H23F3N6. The van der Waals surface area contributed by atoms with E-state index >= 15 is 0 Å². The van der Waals surface area contributed by atoms with Crippen LogP contribution in [0.25, 0.3) is 0 Å². The summed E-state index contributed by atoms with van der Waals surface area (Å²) in [7, 11) is 0. The van der Waals surface area contributed by atoms with Gasteiger partial charge < -0.3 is 4.90 Å². The van der Waals surface area contributed by atoms with Gasteiger partial charge in [0.05, 0.1) is 11.4 Å². The Labute approximate surface area is 167 Å². The van der Waals surface area contributed by atoms with Gasteiger partial charge in [0, 0.05) is 38.4 Å². The summed E-state index contributed by atoms with van der Waals surface area (Å²) >= 11 is 0. The molecule has 1 saturated heterocycles. The van der Waals surface area contributed by atoms with Crippen LogP contribution in [0.5, 0.6) is 0 Å². The molecule has 0 saturated carbocycles. The maximum Gasteiger partial charge on any atom is 0.435 e. The van der Waals surface area contributed by atoms with Gasteiger partial charge in [0.2, 0.25) is 0 Å². The number of rotatable bonds is 5. The molecule has 2 heterocycles. The van der Waals surface area contributed by atoms with Crippen LogP contribution < -0.4 is 4.90 Å². The van der Waals surface area contributed by atoms with Gasteiger partial charge >= 0.3 is 6.18 Å². The first-order valence-electron chi connectivity index (χ1n) is 9.32. The third kappa shape index (κ3) is 4.79. The summed E-state index contributed by atoms with van der Waals surface area (Å²) in [6.45, 7) is 10.4. The van der Waals surface area contributed by atoms with Crippen molar-refractivity contribution in [1.29, 1.82) is 0 Å². The Morgan fingerprint density at radius 3 is 2.34 bits per heavy atom. The summed E-state index contributed by atoms with van der Waals surface area (Å²) in [5.74, 6) is 0.464. The summed E-state index contributed by atoms with van der Waals surface area (Å²) in [5, 5.41) is 7.07. The van der Waals surface area contributed by atoms with Crippen LogP contribution in [0.2, 0.25) is 0 Å². The predicted molar refractivity (Wildman–Crippen MR) is 109 cm³/mol. The van der Waals surface area contributed by atoms with Crippen LogP contribution in [0.15, 0.2) is 40.3 Å². The van der Waals surface area contributed by atoms with E-state index in [0.717, 1.165) is 36.1 Å². The fourth-order valence-electron chi connectivity index (χ4n) is 3.37. The van der Waals surface area contributed by atoms with Gasteiger partial charge in [-0.2, -0.15) is 13.2 Å². The number of anilines is 1. The van der Waals surface area contributed by atoms with Crippen molar-refractivity contribution in [3.63, 3.8) is 0 Å². The van der Waals surface area contributed by atoms with Gasteiger partial charge in [0.25, 0.3) is 0 Å². The molecule has 0 amide bonds. The van der Waals surface area contributed by atoms with Gasteiger partial charge in [-0.15, -0.1) is 10.2 Å². The zero-order chi connectivity index (χ0) is 21.0. The Morgan fingerprint density at radius 1 is 1.07 bits per heavy atom. The molecule has 9 heteroatoms. The largest absolute Gasteiger partial charge is 0.435 e. The summed E-state index contributed by atoms with van der Waals surface area (Å²) in [5.41, 5.74) is 1.67. The summed E-state index contributed by atoms with van der Waals surface area (Å²) in [6.07, 6.45) is -2.75. The third-order valence-corrected chi connectivity index (χ3v) is 5.05. The van der Waals surface area contributed by atoms with E-state index in [4.69, 9.17) is 0 Å². The average molecular weight is 404 g/mol. The lowest BCUT2D eigenvalue weighted by Gasteiger charge is -2.38. The van der Waals surface area contributed by atoms with Gasteiger partial charge in [-0.3, -0.25) is 14.9 Å². The normalized spacial score (nSPS) is 16.9. The summed E-state index contributed by atoms with van der Waals surface area (Å²) in [4.78, 5) is 12.6. The number of benzene rings is 1. The van der Waals surface area contributed by atoms with Gasteiger partial charge in [-0.25, -0.2) is 0 Å². The highest BCUT2D eigenvalue weighted by Gasteiger charge is 2.33. The van der Waals surface area contributed by atoms with E-state index in [9.17, 15) is 13.2 Å². The minimum Gasteiger partial charge on any atom is -0.353 e. The Morgan fingerprint density at radius 2 is 1.79 bits per heavy atom. The van der Waals surface area contributed by atoms with Crippen molar-refractivity contribution in [3.8, 4) is 0 Å². The Kier molecular flexibility index (Phi) is 6.26. The summed E-state index contributed by atoms with van der Waals surface area (Å²) in [6, 6.07) is 8.47. The van der Waals surface area contributed by atoms with Crippen molar-refractivity contribution >= 4 is 30.1 Å². The van der Waals surface area contributed by atoms with Crippen molar-refractivity contribution in [2.24, 2.45) is 9.98 Å². The van der Waals surface area contributed by atoms with Gasteiger partial charge in [-0.05, 0) is 50.4 Å². The smallest absolute Gasteiger partial charge is 0.353 e. The molecule has 1 aromatic heterocycles. The zero-order valence-electron chi connectivity index (χ0n) is 16.4. The number of hydrogen-bond donors (Lipinski definition) is 0. The second-order valence-electron chi connectivity index (χ2n) is 6.77. The first kappa shape index (κ1) is 20.9. The maximum absolute atomic E-state index is 12.6. The fourth-order valence-corrected chi connectivity index (χ4v) is 3.37. The van der Waals surface area contributed by atoms with Crippen molar-refractivity contribution in [2.75, 3.05) is 31.1 Å². The highest BCUT2D eigenvalue weighted by atomic mass is 19.4. The minimum atomic E-state index is -4.48. The highest BCUT2D eigenvalue weighted by molar-refractivity contribution is 5.71. The monoisotopic (exact) mass is 404 g/mol. The van der Waals surface area contributed by atoms with Crippen LogP contribution >= 0.6 is 0 Å². The first-order chi connectivity index (χ1) is 13.8. The minimum absolute atomic E-state index is 0.167. The lowest BCUT2D eigenvalue weighted by molar-refractivity contribution is -0.141. The fraction of sp³-hybridized carbons (Fsp3) is 0.400. The molecule has 2 aromatic rings. The topological polar surface area (TPSA) is 57.0 Å². The third-order valence-electron chi connectivity index (χ3n) is 5.05. The van der Waals surface area contributed by atoms with E-state index in [0.29, 0.717) is 18.9 Å². The highest BCUT2D eigenvalue weighted by Crippen LogP contribution is 2.33. The number of halogens is 3. The molecule has 154 valence electrons. The Balaban J connectivity index is 1.66. The van der Waals surface area contributed by atoms with Crippen molar-refractivity contribution < 1.29 is 13.2 Å². The van der Waals surface area contributed by atoms with Crippen LogP contribution in [0, 0.1) is 0 Å². The second-order valence-corrected chi connectivity index (χ2v) is 6.77. The summed E-state index contributed by atoms with van der Waals surface area (Å²) < 4.78 is 37.9. The predicted octanol–water partition coefficient (Wildman–Crippen LogP) is 4.43. The molecule has 0 aliphatic carbocycles. The van der Waals surface area contributed by atoms with Crippen molar-refractivity contribution in [1.82, 2.24) is 15.1 Å². The lowest BCUT2D eigenvalue weighted by Crippen LogP contribution is -2.47. The molecule has 1 unspecified atom stereocenters. The van der Waals surface area contributed by atoms with Crippen LogP contribution in [0.4, 0.5) is 30.4 Å². The van der Waals surface area contributed by atoms with E-state index < -0.39 is 11.9 Å². The molecule has 0 N–H and O–H groups in total. The number of aromatic nitrogens is 2. The molecule has 1 aromatic carbocycles. The number of hydrogen-bond acceptors (Lipinski definition) is 6. The molecule has 1 fully saturated rings. The van der Waals surface area contributed by atoms with E-state index in [2.05, 4.69) is 38.7 Å². The molecule has 0 radical (unpaired) electrons. The van der Waals surface area contributed by atoms with E-state index in [1.807, 2.05) is 30.0 Å². The van der Waals surface area contributed by atoms with Crippen molar-refractivity contribution in [2.45, 2.75) is 26.1 Å².